The molecular formula is C12H16BrNO3. The summed E-state index contributed by atoms with van der Waals surface area (Å²) < 4.78 is 5.95. The number of hydrogen-bond donors (Lipinski definition) is 2. The van der Waals surface area contributed by atoms with E-state index in [1.807, 2.05) is 24.3 Å². The van der Waals surface area contributed by atoms with E-state index in [0.717, 1.165) is 10.2 Å². The van der Waals surface area contributed by atoms with Crippen LogP contribution in [0.1, 0.15) is 13.8 Å². The van der Waals surface area contributed by atoms with E-state index in [0.29, 0.717) is 0 Å². The molecule has 5 heteroatoms. The number of para-hydroxylation sites is 1. The lowest BCUT2D eigenvalue weighted by Crippen LogP contribution is -2.52. The zero-order chi connectivity index (χ0) is 13.1. The van der Waals surface area contributed by atoms with Crippen molar-refractivity contribution >= 4 is 27.6 Å². The molecule has 0 radical (unpaired) electrons. The summed E-state index contributed by atoms with van der Waals surface area (Å²) in [5.74, 6) is -0.956. The molecule has 2 N–H and O–H groups in total. The van der Waals surface area contributed by atoms with Gasteiger partial charge in [0.05, 0.1) is 6.10 Å². The molecule has 0 saturated carbocycles. The van der Waals surface area contributed by atoms with E-state index in [-0.39, 0.29) is 0 Å². The summed E-state index contributed by atoms with van der Waals surface area (Å²) in [5, 5.41) is 12.3. The van der Waals surface area contributed by atoms with Gasteiger partial charge in [-0.2, -0.15) is 0 Å². The minimum Gasteiger partial charge on any atom is -0.479 e. The highest BCUT2D eigenvalue weighted by atomic mass is 79.9. The second-order valence-electron chi connectivity index (χ2n) is 3.99. The largest absolute Gasteiger partial charge is 0.479 e. The van der Waals surface area contributed by atoms with Crippen molar-refractivity contribution in [2.24, 2.45) is 0 Å². The number of methoxy groups -OCH3 is 1. The zero-order valence-electron chi connectivity index (χ0n) is 10.0. The van der Waals surface area contributed by atoms with Gasteiger partial charge in [-0.25, -0.2) is 4.79 Å². The molecule has 0 bridgehead atoms. The fourth-order valence-corrected chi connectivity index (χ4v) is 1.79. The molecule has 0 spiro atoms. The first-order valence-corrected chi connectivity index (χ1v) is 6.00. The van der Waals surface area contributed by atoms with Crippen LogP contribution in [0.5, 0.6) is 0 Å². The topological polar surface area (TPSA) is 58.6 Å². The Kier molecular flexibility index (Phi) is 4.54. The number of anilines is 1. The second kappa shape index (κ2) is 5.51. The van der Waals surface area contributed by atoms with Gasteiger partial charge in [0.2, 0.25) is 0 Å². The van der Waals surface area contributed by atoms with Crippen molar-refractivity contribution in [2.75, 3.05) is 12.4 Å². The van der Waals surface area contributed by atoms with Gasteiger partial charge in [0.25, 0.3) is 0 Å². The fourth-order valence-electron chi connectivity index (χ4n) is 1.41. The van der Waals surface area contributed by atoms with E-state index in [4.69, 9.17) is 4.74 Å². The Balaban J connectivity index is 3.03. The molecule has 0 heterocycles. The average Bonchev–Trinajstić information content (AvgIpc) is 2.30. The van der Waals surface area contributed by atoms with E-state index in [9.17, 15) is 9.90 Å². The molecule has 2 atom stereocenters. The molecule has 0 amide bonds. The Hall–Kier alpha value is -1.07. The fraction of sp³-hybridized carbons (Fsp3) is 0.417. The predicted molar refractivity (Wildman–Crippen MR) is 70.3 cm³/mol. The van der Waals surface area contributed by atoms with Crippen LogP contribution < -0.4 is 5.32 Å². The summed E-state index contributed by atoms with van der Waals surface area (Å²) in [4.78, 5) is 11.4. The molecule has 0 aliphatic carbocycles. The molecule has 4 nitrogen and oxygen atoms in total. The Bertz CT molecular complexity index is 410. The smallest absolute Gasteiger partial charge is 0.331 e. The van der Waals surface area contributed by atoms with Gasteiger partial charge >= 0.3 is 5.97 Å². The number of carboxylic acid groups (broad SMARTS) is 1. The lowest BCUT2D eigenvalue weighted by atomic mass is 9.95. The van der Waals surface area contributed by atoms with Gasteiger partial charge in [-0.3, -0.25) is 0 Å². The number of rotatable bonds is 5. The molecule has 0 saturated heterocycles. The molecule has 0 fully saturated rings. The molecule has 2 unspecified atom stereocenters. The molecule has 94 valence electrons. The Morgan fingerprint density at radius 1 is 1.53 bits per heavy atom. The number of carboxylic acids is 1. The first-order chi connectivity index (χ1) is 7.91. The van der Waals surface area contributed by atoms with Gasteiger partial charge in [-0.1, -0.05) is 12.1 Å². The third-order valence-electron chi connectivity index (χ3n) is 2.88. The Morgan fingerprint density at radius 2 is 2.12 bits per heavy atom. The summed E-state index contributed by atoms with van der Waals surface area (Å²) in [6.07, 6.45) is -0.466. The number of ether oxygens (including phenoxy) is 1. The van der Waals surface area contributed by atoms with E-state index < -0.39 is 17.6 Å². The lowest BCUT2D eigenvalue weighted by molar-refractivity contribution is -0.146. The number of benzene rings is 1. The van der Waals surface area contributed by atoms with E-state index in [1.54, 1.807) is 13.8 Å². The van der Waals surface area contributed by atoms with Crippen LogP contribution in [0, 0.1) is 0 Å². The van der Waals surface area contributed by atoms with Gasteiger partial charge in [0.15, 0.2) is 5.54 Å². The quantitative estimate of drug-likeness (QED) is 0.878. The molecule has 0 aliphatic rings. The number of hydrogen-bond acceptors (Lipinski definition) is 3. The SMILES string of the molecule is COC(C)C(C)(Nc1ccccc1Br)C(=O)O. The van der Waals surface area contributed by atoms with Crippen LogP contribution >= 0.6 is 15.9 Å². The standard InChI is InChI=1S/C12H16BrNO3/c1-8(17-3)12(2,11(15)16)14-10-7-5-4-6-9(10)13/h4-8,14H,1-3H3,(H,15,16). The van der Waals surface area contributed by atoms with Gasteiger partial charge in [0, 0.05) is 17.3 Å². The number of aliphatic carboxylic acids is 1. The highest BCUT2D eigenvalue weighted by Gasteiger charge is 2.39. The van der Waals surface area contributed by atoms with Gasteiger partial charge in [-0.15, -0.1) is 0 Å². The maximum atomic E-state index is 11.4. The Labute approximate surface area is 109 Å². The molecule has 17 heavy (non-hydrogen) atoms. The van der Waals surface area contributed by atoms with Crippen LogP contribution in [0.15, 0.2) is 28.7 Å². The first kappa shape index (κ1) is 14.0. The predicted octanol–water partition coefficient (Wildman–Crippen LogP) is 2.74. The average molecular weight is 302 g/mol. The molecule has 0 aliphatic heterocycles. The lowest BCUT2D eigenvalue weighted by Gasteiger charge is -2.32. The van der Waals surface area contributed by atoms with Gasteiger partial charge in [-0.05, 0) is 41.9 Å². The maximum absolute atomic E-state index is 11.4. The molecule has 1 rings (SSSR count). The van der Waals surface area contributed by atoms with E-state index in [2.05, 4.69) is 21.2 Å². The zero-order valence-corrected chi connectivity index (χ0v) is 11.6. The summed E-state index contributed by atoms with van der Waals surface area (Å²) >= 11 is 3.37. The van der Waals surface area contributed by atoms with Crippen LogP contribution in [0.4, 0.5) is 5.69 Å². The summed E-state index contributed by atoms with van der Waals surface area (Å²) in [6.45, 7) is 3.32. The van der Waals surface area contributed by atoms with Crippen molar-refractivity contribution in [3.8, 4) is 0 Å². The minimum atomic E-state index is -1.18. The van der Waals surface area contributed by atoms with Crippen LogP contribution in [0.2, 0.25) is 0 Å². The number of nitrogens with one attached hydrogen (secondary N) is 1. The Morgan fingerprint density at radius 3 is 2.59 bits per heavy atom. The third-order valence-corrected chi connectivity index (χ3v) is 3.57. The molecule has 1 aromatic rings. The molecule has 0 aromatic heterocycles. The normalized spacial score (nSPS) is 16.0. The van der Waals surface area contributed by atoms with Crippen LogP contribution in [-0.2, 0) is 9.53 Å². The van der Waals surface area contributed by atoms with E-state index in [1.165, 1.54) is 7.11 Å². The minimum absolute atomic E-state index is 0.466. The third kappa shape index (κ3) is 2.98. The summed E-state index contributed by atoms with van der Waals surface area (Å²) in [7, 11) is 1.49. The monoisotopic (exact) mass is 301 g/mol. The van der Waals surface area contributed by atoms with Crippen molar-refractivity contribution in [1.29, 1.82) is 0 Å². The van der Waals surface area contributed by atoms with Crippen LogP contribution in [0.25, 0.3) is 0 Å². The maximum Gasteiger partial charge on any atom is 0.331 e. The van der Waals surface area contributed by atoms with E-state index >= 15 is 0 Å². The second-order valence-corrected chi connectivity index (χ2v) is 4.84. The van der Waals surface area contributed by atoms with Gasteiger partial charge in [0.1, 0.15) is 0 Å². The van der Waals surface area contributed by atoms with Crippen molar-refractivity contribution in [3.63, 3.8) is 0 Å². The summed E-state index contributed by atoms with van der Waals surface area (Å²) in [5.41, 5.74) is -0.458. The number of halogens is 1. The van der Waals surface area contributed by atoms with Crippen molar-refractivity contribution < 1.29 is 14.6 Å². The van der Waals surface area contributed by atoms with Crippen LogP contribution in [0.3, 0.4) is 0 Å². The van der Waals surface area contributed by atoms with Gasteiger partial charge < -0.3 is 15.2 Å². The summed E-state index contributed by atoms with van der Waals surface area (Å²) in [6, 6.07) is 7.37. The first-order valence-electron chi connectivity index (χ1n) is 5.20. The molecule has 1 aromatic carbocycles. The van der Waals surface area contributed by atoms with Crippen LogP contribution in [-0.4, -0.2) is 29.8 Å². The highest BCUT2D eigenvalue weighted by Crippen LogP contribution is 2.27. The number of carbonyl (C=O) groups is 1. The molecular weight excluding hydrogens is 286 g/mol. The van der Waals surface area contributed by atoms with Crippen molar-refractivity contribution in [2.45, 2.75) is 25.5 Å². The highest BCUT2D eigenvalue weighted by molar-refractivity contribution is 9.10. The van der Waals surface area contributed by atoms with Crippen molar-refractivity contribution in [3.05, 3.63) is 28.7 Å². The van der Waals surface area contributed by atoms with Crippen molar-refractivity contribution in [1.82, 2.24) is 0 Å².